The van der Waals surface area contributed by atoms with Gasteiger partial charge < -0.3 is 10.2 Å². The summed E-state index contributed by atoms with van der Waals surface area (Å²) in [4.78, 5) is 22.5. The van der Waals surface area contributed by atoms with Gasteiger partial charge in [0.2, 0.25) is 0 Å². The van der Waals surface area contributed by atoms with Gasteiger partial charge in [-0.05, 0) is 92.7 Å². The van der Waals surface area contributed by atoms with Crippen LogP contribution in [0.15, 0.2) is 72.9 Å². The lowest BCUT2D eigenvalue weighted by Gasteiger charge is -2.57. The van der Waals surface area contributed by atoms with Gasteiger partial charge in [-0.3, -0.25) is 9.88 Å². The largest absolute Gasteiger partial charge is 0.338 e. The van der Waals surface area contributed by atoms with Crippen LogP contribution in [0.5, 0.6) is 0 Å². The van der Waals surface area contributed by atoms with Crippen LogP contribution in [-0.2, 0) is 0 Å². The van der Waals surface area contributed by atoms with E-state index in [0.29, 0.717) is 6.54 Å². The van der Waals surface area contributed by atoms with Crippen molar-refractivity contribution in [3.8, 4) is 11.3 Å². The molecule has 5 heteroatoms. The van der Waals surface area contributed by atoms with Gasteiger partial charge in [0, 0.05) is 36.1 Å². The molecule has 0 radical (unpaired) electrons. The molecule has 4 saturated carbocycles. The van der Waals surface area contributed by atoms with Crippen LogP contribution in [0.4, 0.5) is 21.9 Å². The molecule has 2 aromatic carbocycles. The second-order valence-electron chi connectivity index (χ2n) is 11.2. The molecular weight excluding hydrogens is 432 g/mol. The Labute approximate surface area is 207 Å². The monoisotopic (exact) mass is 464 g/mol. The molecule has 1 aromatic heterocycles. The molecule has 1 N–H and O–H groups in total. The average molecular weight is 465 g/mol. The number of aromatic nitrogens is 1. The molecular formula is C30H32N4O. The van der Waals surface area contributed by atoms with Crippen molar-refractivity contribution in [2.24, 2.45) is 17.8 Å². The van der Waals surface area contributed by atoms with E-state index in [2.05, 4.69) is 57.7 Å². The zero-order valence-corrected chi connectivity index (χ0v) is 20.1. The van der Waals surface area contributed by atoms with E-state index in [-0.39, 0.29) is 11.6 Å². The molecule has 0 spiro atoms. The Balaban J connectivity index is 1.13. The fourth-order valence-electron chi connectivity index (χ4n) is 7.74. The minimum Gasteiger partial charge on any atom is -0.338 e. The van der Waals surface area contributed by atoms with Crippen LogP contribution in [0.2, 0.25) is 0 Å². The summed E-state index contributed by atoms with van der Waals surface area (Å²) in [7, 11) is 0. The molecule has 4 aliphatic carbocycles. The fraction of sp³-hybridized carbons (Fsp3) is 0.400. The lowest BCUT2D eigenvalue weighted by atomic mass is 9.53. The van der Waals surface area contributed by atoms with Gasteiger partial charge in [-0.25, -0.2) is 4.79 Å². The predicted molar refractivity (Wildman–Crippen MR) is 140 cm³/mol. The Bertz CT molecular complexity index is 1200. The second kappa shape index (κ2) is 8.11. The normalized spacial score (nSPS) is 28.6. The van der Waals surface area contributed by atoms with E-state index in [9.17, 15) is 4.79 Å². The smallest absolute Gasteiger partial charge is 0.322 e. The third-order valence-electron chi connectivity index (χ3n) is 8.81. The number of fused-ring (bicyclic) bond motifs is 1. The highest BCUT2D eigenvalue weighted by Crippen LogP contribution is 2.55. The van der Waals surface area contributed by atoms with Crippen molar-refractivity contribution in [3.63, 3.8) is 0 Å². The van der Waals surface area contributed by atoms with Crippen molar-refractivity contribution in [3.05, 3.63) is 72.9 Å². The van der Waals surface area contributed by atoms with Crippen LogP contribution >= 0.6 is 0 Å². The fourth-order valence-corrected chi connectivity index (χ4v) is 7.74. The first-order chi connectivity index (χ1) is 17.2. The topological polar surface area (TPSA) is 48.5 Å². The van der Waals surface area contributed by atoms with Gasteiger partial charge in [0.1, 0.15) is 0 Å². The molecule has 2 amide bonds. The number of nitrogens with zero attached hydrogens (tertiary/aromatic N) is 3. The Hall–Kier alpha value is -3.34. The molecule has 8 rings (SSSR count). The summed E-state index contributed by atoms with van der Waals surface area (Å²) in [6, 6.07) is 23.0. The van der Waals surface area contributed by atoms with Crippen LogP contribution in [0.1, 0.15) is 38.5 Å². The van der Waals surface area contributed by atoms with E-state index < -0.39 is 0 Å². The Morgan fingerprint density at radius 2 is 1.46 bits per heavy atom. The highest BCUT2D eigenvalue weighted by atomic mass is 16.2. The number of benzene rings is 2. The zero-order chi connectivity index (χ0) is 23.4. The minimum absolute atomic E-state index is 0.0270. The summed E-state index contributed by atoms with van der Waals surface area (Å²) < 4.78 is 0. The number of carbonyl (C=O) groups excluding carboxylic acids is 1. The number of pyridine rings is 1. The highest BCUT2D eigenvalue weighted by molar-refractivity contribution is 5.98. The number of para-hydroxylation sites is 2. The minimum atomic E-state index is 0.0270. The molecule has 0 atom stereocenters. The summed E-state index contributed by atoms with van der Waals surface area (Å²) in [5.74, 6) is 2.46. The van der Waals surface area contributed by atoms with Crippen LogP contribution < -0.4 is 15.1 Å². The van der Waals surface area contributed by atoms with E-state index in [4.69, 9.17) is 0 Å². The lowest BCUT2D eigenvalue weighted by molar-refractivity contribution is -0.0131. The maximum atomic E-state index is 13.7. The summed E-state index contributed by atoms with van der Waals surface area (Å²) in [5, 5.41) is 3.58. The van der Waals surface area contributed by atoms with E-state index >= 15 is 0 Å². The molecule has 4 fully saturated rings. The number of urea groups is 1. The van der Waals surface area contributed by atoms with Gasteiger partial charge in [-0.1, -0.05) is 30.3 Å². The standard InChI is InChI=1S/C30H32N4O/c35-29(32-30-18-21-15-22(19-30)17-23(16-21)20-30)34-14-13-33(27-6-1-2-7-28(27)34)25-10-8-24(9-11-25)26-5-3-4-12-31-26/h1-12,21-23H,13-20H2,(H,32,35). The quantitative estimate of drug-likeness (QED) is 0.489. The molecule has 0 saturated heterocycles. The van der Waals surface area contributed by atoms with Crippen LogP contribution in [0.3, 0.4) is 0 Å². The number of amides is 2. The van der Waals surface area contributed by atoms with Crippen molar-refractivity contribution in [1.29, 1.82) is 0 Å². The molecule has 1 aliphatic heterocycles. The summed E-state index contributed by atoms with van der Waals surface area (Å²) in [6.07, 6.45) is 9.51. The average Bonchev–Trinajstić information content (AvgIpc) is 2.87. The van der Waals surface area contributed by atoms with Crippen molar-refractivity contribution in [2.75, 3.05) is 22.9 Å². The predicted octanol–water partition coefficient (Wildman–Crippen LogP) is 6.39. The summed E-state index contributed by atoms with van der Waals surface area (Å²) >= 11 is 0. The van der Waals surface area contributed by atoms with Gasteiger partial charge in [0.05, 0.1) is 17.1 Å². The van der Waals surface area contributed by atoms with E-state index in [1.165, 1.54) is 38.5 Å². The molecule has 178 valence electrons. The molecule has 4 bridgehead atoms. The van der Waals surface area contributed by atoms with E-state index in [1.54, 1.807) is 0 Å². The van der Waals surface area contributed by atoms with Crippen molar-refractivity contribution in [2.45, 2.75) is 44.1 Å². The zero-order valence-electron chi connectivity index (χ0n) is 20.1. The van der Waals surface area contributed by atoms with Gasteiger partial charge in [-0.15, -0.1) is 0 Å². The molecule has 35 heavy (non-hydrogen) atoms. The van der Waals surface area contributed by atoms with Gasteiger partial charge in [-0.2, -0.15) is 0 Å². The number of hydrogen-bond donors (Lipinski definition) is 1. The van der Waals surface area contributed by atoms with E-state index in [0.717, 1.165) is 52.6 Å². The van der Waals surface area contributed by atoms with Crippen LogP contribution in [-0.4, -0.2) is 29.6 Å². The van der Waals surface area contributed by atoms with Gasteiger partial charge in [0.15, 0.2) is 0 Å². The van der Waals surface area contributed by atoms with Gasteiger partial charge in [0.25, 0.3) is 0 Å². The number of hydrogen-bond acceptors (Lipinski definition) is 3. The summed E-state index contributed by atoms with van der Waals surface area (Å²) in [5.41, 5.74) is 5.33. The molecule has 2 heterocycles. The van der Waals surface area contributed by atoms with Crippen LogP contribution in [0.25, 0.3) is 11.3 Å². The first kappa shape index (κ1) is 21.0. The van der Waals surface area contributed by atoms with Gasteiger partial charge >= 0.3 is 6.03 Å². The third kappa shape index (κ3) is 3.69. The summed E-state index contributed by atoms with van der Waals surface area (Å²) in [6.45, 7) is 1.45. The Morgan fingerprint density at radius 1 is 0.800 bits per heavy atom. The molecule has 3 aromatic rings. The number of carbonyl (C=O) groups is 1. The maximum Gasteiger partial charge on any atom is 0.322 e. The van der Waals surface area contributed by atoms with Crippen molar-refractivity contribution < 1.29 is 4.79 Å². The maximum absolute atomic E-state index is 13.7. The number of rotatable bonds is 3. The number of anilines is 3. The second-order valence-corrected chi connectivity index (χ2v) is 11.2. The Kier molecular flexibility index (Phi) is 4.86. The van der Waals surface area contributed by atoms with E-state index in [1.807, 2.05) is 35.4 Å². The van der Waals surface area contributed by atoms with Crippen molar-refractivity contribution in [1.82, 2.24) is 10.3 Å². The lowest BCUT2D eigenvalue weighted by Crippen LogP contribution is -2.62. The molecule has 0 unspecified atom stereocenters. The number of nitrogens with one attached hydrogen (secondary N) is 1. The third-order valence-corrected chi connectivity index (χ3v) is 8.81. The first-order valence-electron chi connectivity index (χ1n) is 13.1. The highest BCUT2D eigenvalue weighted by Gasteiger charge is 2.52. The first-order valence-corrected chi connectivity index (χ1v) is 13.1. The Morgan fingerprint density at radius 3 is 2.11 bits per heavy atom. The molecule has 5 nitrogen and oxygen atoms in total. The SMILES string of the molecule is O=C(NC12CC3CC(CC(C3)C1)C2)N1CCN(c2ccc(-c3ccccn3)cc2)c2ccccc21. The molecule has 5 aliphatic rings. The van der Waals surface area contributed by atoms with Crippen LogP contribution in [0, 0.1) is 17.8 Å². The van der Waals surface area contributed by atoms with Crippen molar-refractivity contribution >= 4 is 23.1 Å².